The van der Waals surface area contributed by atoms with Crippen LogP contribution in [-0.2, 0) is 17.8 Å². The molecule has 0 radical (unpaired) electrons. The van der Waals surface area contributed by atoms with E-state index in [2.05, 4.69) is 15.6 Å². The second-order valence-electron chi connectivity index (χ2n) is 5.36. The second-order valence-corrected chi connectivity index (χ2v) is 6.21. The predicted molar refractivity (Wildman–Crippen MR) is 93.7 cm³/mol. The number of carbonyl (C=O) groups excluding carboxylic acids is 1. The number of nitrogens with zero attached hydrogens (tertiary/aromatic N) is 1. The Kier molecular flexibility index (Phi) is 5.35. The van der Waals surface area contributed by atoms with Gasteiger partial charge in [-0.1, -0.05) is 12.1 Å². The van der Waals surface area contributed by atoms with E-state index in [0.717, 1.165) is 11.3 Å². The van der Waals surface area contributed by atoms with Gasteiger partial charge in [-0.2, -0.15) is 0 Å². The molecule has 0 spiro atoms. The number of amides is 1. The number of rotatable bonds is 6. The largest absolute Gasteiger partial charge is 0.352 e. The molecule has 0 atom stereocenters. The van der Waals surface area contributed by atoms with Gasteiger partial charge in [0.2, 0.25) is 5.91 Å². The van der Waals surface area contributed by atoms with E-state index in [1.807, 2.05) is 0 Å². The molecule has 0 bridgehead atoms. The minimum absolute atomic E-state index is 0.156. The fourth-order valence-corrected chi connectivity index (χ4v) is 2.86. The maximum absolute atomic E-state index is 12.9. The molecule has 25 heavy (non-hydrogen) atoms. The van der Waals surface area contributed by atoms with Gasteiger partial charge < -0.3 is 10.6 Å². The summed E-state index contributed by atoms with van der Waals surface area (Å²) < 4.78 is 25.7. The number of halogens is 2. The van der Waals surface area contributed by atoms with Gasteiger partial charge in [0.15, 0.2) is 5.13 Å². The fourth-order valence-electron chi connectivity index (χ4n) is 2.13. The lowest BCUT2D eigenvalue weighted by Gasteiger charge is -2.04. The molecule has 2 aromatic carbocycles. The molecule has 0 aliphatic heterocycles. The summed E-state index contributed by atoms with van der Waals surface area (Å²) in [5.74, 6) is -0.773. The van der Waals surface area contributed by atoms with Crippen molar-refractivity contribution in [3.8, 4) is 0 Å². The topological polar surface area (TPSA) is 54.0 Å². The SMILES string of the molecule is O=C(Cc1csc(Nc2ccc(F)cc2)n1)NCc1ccc(F)cc1. The second kappa shape index (κ2) is 7.85. The summed E-state index contributed by atoms with van der Waals surface area (Å²) in [6.07, 6.45) is 0.156. The summed E-state index contributed by atoms with van der Waals surface area (Å²) in [5, 5.41) is 8.26. The van der Waals surface area contributed by atoms with Gasteiger partial charge in [-0.15, -0.1) is 11.3 Å². The Balaban J connectivity index is 1.51. The molecule has 7 heteroatoms. The molecular weight excluding hydrogens is 344 g/mol. The van der Waals surface area contributed by atoms with Gasteiger partial charge in [0.05, 0.1) is 12.1 Å². The number of hydrogen-bond donors (Lipinski definition) is 2. The lowest BCUT2D eigenvalue weighted by atomic mass is 10.2. The minimum atomic E-state index is -0.307. The van der Waals surface area contributed by atoms with E-state index in [4.69, 9.17) is 0 Å². The Bertz CT molecular complexity index is 848. The van der Waals surface area contributed by atoms with Gasteiger partial charge in [0.25, 0.3) is 0 Å². The van der Waals surface area contributed by atoms with E-state index in [1.165, 1.54) is 35.6 Å². The molecule has 4 nitrogen and oxygen atoms in total. The maximum Gasteiger partial charge on any atom is 0.226 e. The molecule has 0 unspecified atom stereocenters. The van der Waals surface area contributed by atoms with Crippen molar-refractivity contribution in [3.05, 3.63) is 76.8 Å². The van der Waals surface area contributed by atoms with E-state index >= 15 is 0 Å². The molecule has 2 N–H and O–H groups in total. The van der Waals surface area contributed by atoms with E-state index in [-0.39, 0.29) is 24.0 Å². The van der Waals surface area contributed by atoms with E-state index in [1.54, 1.807) is 29.6 Å². The normalized spacial score (nSPS) is 10.5. The van der Waals surface area contributed by atoms with E-state index in [9.17, 15) is 13.6 Å². The molecule has 3 aromatic rings. The molecule has 0 saturated carbocycles. The first-order valence-electron chi connectivity index (χ1n) is 7.56. The van der Waals surface area contributed by atoms with Crippen LogP contribution in [0.3, 0.4) is 0 Å². The van der Waals surface area contributed by atoms with Crippen molar-refractivity contribution in [2.75, 3.05) is 5.32 Å². The predicted octanol–water partition coefficient (Wildman–Crippen LogP) is 4.02. The van der Waals surface area contributed by atoms with Crippen molar-refractivity contribution in [1.82, 2.24) is 10.3 Å². The summed E-state index contributed by atoms with van der Waals surface area (Å²) >= 11 is 1.37. The van der Waals surface area contributed by atoms with Crippen LogP contribution in [0.2, 0.25) is 0 Å². The summed E-state index contributed by atoms with van der Waals surface area (Å²) in [6, 6.07) is 11.9. The zero-order valence-corrected chi connectivity index (χ0v) is 13.9. The molecule has 0 saturated heterocycles. The van der Waals surface area contributed by atoms with Crippen molar-refractivity contribution in [3.63, 3.8) is 0 Å². The third-order valence-corrected chi connectivity index (χ3v) is 4.20. The van der Waals surface area contributed by atoms with Crippen LogP contribution in [-0.4, -0.2) is 10.9 Å². The number of hydrogen-bond acceptors (Lipinski definition) is 4. The average molecular weight is 359 g/mol. The summed E-state index contributed by atoms with van der Waals surface area (Å²) in [4.78, 5) is 16.3. The molecule has 0 aliphatic carbocycles. The van der Waals surface area contributed by atoms with Crippen molar-refractivity contribution in [2.24, 2.45) is 0 Å². The Morgan fingerprint density at radius 3 is 2.32 bits per heavy atom. The number of anilines is 2. The Morgan fingerprint density at radius 2 is 1.64 bits per heavy atom. The van der Waals surface area contributed by atoms with Gasteiger partial charge in [0, 0.05) is 17.6 Å². The van der Waals surface area contributed by atoms with Crippen molar-refractivity contribution < 1.29 is 13.6 Å². The summed E-state index contributed by atoms with van der Waals surface area (Å²) in [7, 11) is 0. The lowest BCUT2D eigenvalue weighted by molar-refractivity contribution is -0.120. The highest BCUT2D eigenvalue weighted by Crippen LogP contribution is 2.21. The molecular formula is C18H15F2N3OS. The van der Waals surface area contributed by atoms with Crippen LogP contribution in [0.1, 0.15) is 11.3 Å². The first kappa shape index (κ1) is 17.0. The average Bonchev–Trinajstić information content (AvgIpc) is 3.03. The first-order chi connectivity index (χ1) is 12.1. The fraction of sp³-hybridized carbons (Fsp3) is 0.111. The Hall–Kier alpha value is -2.80. The van der Waals surface area contributed by atoms with Gasteiger partial charge in [-0.25, -0.2) is 13.8 Å². The Labute approximate surface area is 147 Å². The maximum atomic E-state index is 12.9. The van der Waals surface area contributed by atoms with Crippen molar-refractivity contribution in [2.45, 2.75) is 13.0 Å². The van der Waals surface area contributed by atoms with Gasteiger partial charge in [-0.05, 0) is 42.0 Å². The van der Waals surface area contributed by atoms with Crippen LogP contribution in [0.15, 0.2) is 53.9 Å². The van der Waals surface area contributed by atoms with Gasteiger partial charge in [-0.3, -0.25) is 4.79 Å². The number of benzene rings is 2. The Morgan fingerprint density at radius 1 is 1.00 bits per heavy atom. The molecule has 3 rings (SSSR count). The molecule has 1 amide bonds. The smallest absolute Gasteiger partial charge is 0.226 e. The van der Waals surface area contributed by atoms with Crippen LogP contribution in [0, 0.1) is 11.6 Å². The summed E-state index contributed by atoms with van der Waals surface area (Å²) in [6.45, 7) is 0.337. The highest BCUT2D eigenvalue weighted by molar-refractivity contribution is 7.13. The molecule has 1 heterocycles. The minimum Gasteiger partial charge on any atom is -0.352 e. The van der Waals surface area contributed by atoms with Gasteiger partial charge >= 0.3 is 0 Å². The van der Waals surface area contributed by atoms with Crippen molar-refractivity contribution >= 4 is 28.1 Å². The number of aromatic nitrogens is 1. The molecule has 128 valence electrons. The third kappa shape index (κ3) is 5.09. The van der Waals surface area contributed by atoms with E-state index in [0.29, 0.717) is 17.4 Å². The number of nitrogens with one attached hydrogen (secondary N) is 2. The zero-order valence-electron chi connectivity index (χ0n) is 13.1. The van der Waals surface area contributed by atoms with Crippen LogP contribution < -0.4 is 10.6 Å². The molecule has 0 aliphatic rings. The van der Waals surface area contributed by atoms with Crippen LogP contribution >= 0.6 is 11.3 Å². The molecule has 0 fully saturated rings. The number of carbonyl (C=O) groups is 1. The quantitative estimate of drug-likeness (QED) is 0.699. The van der Waals surface area contributed by atoms with E-state index < -0.39 is 0 Å². The van der Waals surface area contributed by atoms with Gasteiger partial charge in [0.1, 0.15) is 11.6 Å². The summed E-state index contributed by atoms with van der Waals surface area (Å²) in [5.41, 5.74) is 2.20. The first-order valence-corrected chi connectivity index (χ1v) is 8.44. The highest BCUT2D eigenvalue weighted by atomic mass is 32.1. The monoisotopic (exact) mass is 359 g/mol. The molecule has 1 aromatic heterocycles. The third-order valence-electron chi connectivity index (χ3n) is 3.39. The van der Waals surface area contributed by atoms with Crippen LogP contribution in [0.25, 0.3) is 0 Å². The number of thiazole rings is 1. The van der Waals surface area contributed by atoms with Crippen LogP contribution in [0.4, 0.5) is 19.6 Å². The van der Waals surface area contributed by atoms with Crippen molar-refractivity contribution in [1.29, 1.82) is 0 Å². The standard InChI is InChI=1S/C18H15F2N3OS/c19-13-3-1-12(2-4-13)10-21-17(24)9-16-11-25-18(23-16)22-15-7-5-14(20)6-8-15/h1-8,11H,9-10H2,(H,21,24)(H,22,23). The zero-order chi connectivity index (χ0) is 17.6. The highest BCUT2D eigenvalue weighted by Gasteiger charge is 2.08. The lowest BCUT2D eigenvalue weighted by Crippen LogP contribution is -2.24. The van der Waals surface area contributed by atoms with Crippen LogP contribution in [0.5, 0.6) is 0 Å².